The first-order chi connectivity index (χ1) is 13.0. The Morgan fingerprint density at radius 1 is 1.33 bits per heavy atom. The number of esters is 1. The zero-order valence-electron chi connectivity index (χ0n) is 15.2. The van der Waals surface area contributed by atoms with Crippen LogP contribution in [-0.4, -0.2) is 39.6 Å². The van der Waals surface area contributed by atoms with E-state index >= 15 is 0 Å². The number of aromatic nitrogens is 2. The molecule has 0 aliphatic rings. The van der Waals surface area contributed by atoms with Gasteiger partial charge >= 0.3 is 12.0 Å². The highest BCUT2D eigenvalue weighted by atomic mass is 19.1. The molecule has 1 heterocycles. The second-order valence-corrected chi connectivity index (χ2v) is 5.77. The van der Waals surface area contributed by atoms with E-state index < -0.39 is 23.9 Å². The predicted octanol–water partition coefficient (Wildman–Crippen LogP) is 2.29. The van der Waals surface area contributed by atoms with Crippen LogP contribution in [0.5, 0.6) is 0 Å². The highest BCUT2D eigenvalue weighted by Crippen LogP contribution is 2.18. The molecule has 146 valence electrons. The molecule has 0 fully saturated rings. The first-order valence-corrected chi connectivity index (χ1v) is 8.65. The molecule has 1 aromatic heterocycles. The number of carbonyl (C=O) groups excluding carboxylic acids is 2. The van der Waals surface area contributed by atoms with Crippen LogP contribution in [0.4, 0.5) is 15.0 Å². The van der Waals surface area contributed by atoms with Crippen LogP contribution in [0.3, 0.4) is 0 Å². The summed E-state index contributed by atoms with van der Waals surface area (Å²) < 4.78 is 19.9. The number of rotatable bonds is 8. The first-order valence-electron chi connectivity index (χ1n) is 8.65. The van der Waals surface area contributed by atoms with Crippen molar-refractivity contribution in [2.24, 2.45) is 0 Å². The van der Waals surface area contributed by atoms with Crippen LogP contribution in [0, 0.1) is 5.82 Å². The van der Waals surface area contributed by atoms with Gasteiger partial charge in [-0.3, -0.25) is 5.32 Å². The fourth-order valence-corrected chi connectivity index (χ4v) is 2.31. The lowest BCUT2D eigenvalue weighted by molar-refractivity contribution is 0.0527. The molecular weight excluding hydrogens is 355 g/mol. The van der Waals surface area contributed by atoms with E-state index in [0.29, 0.717) is 12.0 Å². The van der Waals surface area contributed by atoms with Crippen molar-refractivity contribution in [2.45, 2.75) is 39.5 Å². The van der Waals surface area contributed by atoms with Gasteiger partial charge in [0.2, 0.25) is 0 Å². The number of anilines is 1. The summed E-state index contributed by atoms with van der Waals surface area (Å²) in [6, 6.07) is 5.44. The Morgan fingerprint density at radius 2 is 2.07 bits per heavy atom. The van der Waals surface area contributed by atoms with Crippen LogP contribution in [0.25, 0.3) is 0 Å². The van der Waals surface area contributed by atoms with Crippen LogP contribution >= 0.6 is 0 Å². The van der Waals surface area contributed by atoms with Gasteiger partial charge in [-0.15, -0.1) is 0 Å². The van der Waals surface area contributed by atoms with Gasteiger partial charge in [0.25, 0.3) is 0 Å². The van der Waals surface area contributed by atoms with E-state index in [4.69, 9.17) is 4.74 Å². The molecule has 0 saturated heterocycles. The number of ether oxygens (including phenoxy) is 1. The van der Waals surface area contributed by atoms with Crippen LogP contribution < -0.4 is 10.6 Å². The summed E-state index contributed by atoms with van der Waals surface area (Å²) in [7, 11) is 0. The predicted molar refractivity (Wildman–Crippen MR) is 96.7 cm³/mol. The van der Waals surface area contributed by atoms with Crippen molar-refractivity contribution in [1.29, 1.82) is 0 Å². The highest BCUT2D eigenvalue weighted by molar-refractivity contribution is 5.99. The number of urea groups is 1. The second-order valence-electron chi connectivity index (χ2n) is 5.77. The van der Waals surface area contributed by atoms with E-state index in [9.17, 15) is 19.1 Å². The largest absolute Gasteiger partial charge is 0.462 e. The smallest absolute Gasteiger partial charge is 0.343 e. The van der Waals surface area contributed by atoms with E-state index in [1.807, 2.05) is 0 Å². The standard InChI is InChI=1S/C18H23FN4O4/c1-3-13(24)11-23-16(14(10-21-23)17(25)27-4-2)22-18(26)20-9-12-7-5-6-8-15(12)19/h5-8,10,13,24H,3-4,9,11H2,1-2H3,(H2,20,22,26). The summed E-state index contributed by atoms with van der Waals surface area (Å²) in [5, 5.41) is 19.0. The summed E-state index contributed by atoms with van der Waals surface area (Å²) >= 11 is 0. The van der Waals surface area contributed by atoms with Gasteiger partial charge in [0.1, 0.15) is 17.2 Å². The number of carbonyl (C=O) groups is 2. The number of hydrogen-bond acceptors (Lipinski definition) is 5. The number of benzene rings is 1. The Hall–Kier alpha value is -2.94. The van der Waals surface area contributed by atoms with Gasteiger partial charge in [-0.05, 0) is 19.4 Å². The molecule has 0 radical (unpaired) electrons. The van der Waals surface area contributed by atoms with Gasteiger partial charge in [0, 0.05) is 12.1 Å². The SMILES string of the molecule is CCOC(=O)c1cnn(CC(O)CC)c1NC(=O)NCc1ccccc1F. The van der Waals surface area contributed by atoms with Gasteiger partial charge in [0.15, 0.2) is 0 Å². The van der Waals surface area contributed by atoms with Crippen LogP contribution in [0.1, 0.15) is 36.2 Å². The van der Waals surface area contributed by atoms with E-state index in [1.165, 1.54) is 16.9 Å². The van der Waals surface area contributed by atoms with Crippen molar-refractivity contribution in [2.75, 3.05) is 11.9 Å². The molecule has 2 rings (SSSR count). The van der Waals surface area contributed by atoms with Crippen molar-refractivity contribution in [3.05, 3.63) is 47.4 Å². The maximum atomic E-state index is 13.6. The summed E-state index contributed by atoms with van der Waals surface area (Å²) in [5.74, 6) is -0.966. The Morgan fingerprint density at radius 3 is 2.74 bits per heavy atom. The molecule has 0 bridgehead atoms. The number of aliphatic hydroxyl groups is 1. The zero-order valence-corrected chi connectivity index (χ0v) is 15.2. The third kappa shape index (κ3) is 5.52. The number of amides is 2. The van der Waals surface area contributed by atoms with E-state index in [2.05, 4.69) is 15.7 Å². The maximum absolute atomic E-state index is 13.6. The Bertz CT molecular complexity index is 793. The Kier molecular flexibility index (Phi) is 7.30. The third-order valence-electron chi connectivity index (χ3n) is 3.82. The molecule has 0 spiro atoms. The number of nitrogens with zero attached hydrogens (tertiary/aromatic N) is 2. The minimum atomic E-state index is -0.693. The lowest BCUT2D eigenvalue weighted by Crippen LogP contribution is -2.31. The number of aliphatic hydroxyl groups excluding tert-OH is 1. The van der Waals surface area contributed by atoms with Crippen molar-refractivity contribution >= 4 is 17.8 Å². The summed E-state index contributed by atoms with van der Waals surface area (Å²) in [6.07, 6.45) is 1.06. The quantitative estimate of drug-likeness (QED) is 0.611. The van der Waals surface area contributed by atoms with E-state index in [0.717, 1.165) is 0 Å². The summed E-state index contributed by atoms with van der Waals surface area (Å²) in [4.78, 5) is 24.3. The van der Waals surface area contributed by atoms with Crippen LogP contribution in [-0.2, 0) is 17.8 Å². The molecule has 2 aromatic rings. The van der Waals surface area contributed by atoms with Gasteiger partial charge < -0.3 is 15.2 Å². The average Bonchev–Trinajstić information content (AvgIpc) is 3.03. The Balaban J connectivity index is 2.13. The van der Waals surface area contributed by atoms with Gasteiger partial charge in [-0.25, -0.2) is 18.7 Å². The van der Waals surface area contributed by atoms with Crippen molar-refractivity contribution in [1.82, 2.24) is 15.1 Å². The minimum Gasteiger partial charge on any atom is -0.462 e. The maximum Gasteiger partial charge on any atom is 0.343 e. The molecule has 3 N–H and O–H groups in total. The van der Waals surface area contributed by atoms with Crippen LogP contribution in [0.15, 0.2) is 30.5 Å². The normalized spacial score (nSPS) is 11.7. The molecule has 27 heavy (non-hydrogen) atoms. The molecule has 1 unspecified atom stereocenters. The second kappa shape index (κ2) is 9.67. The van der Waals surface area contributed by atoms with Crippen molar-refractivity contribution in [3.63, 3.8) is 0 Å². The van der Waals surface area contributed by atoms with Crippen molar-refractivity contribution in [3.8, 4) is 0 Å². The number of nitrogens with one attached hydrogen (secondary N) is 2. The number of halogens is 1. The third-order valence-corrected chi connectivity index (χ3v) is 3.82. The molecular formula is C18H23FN4O4. The van der Waals surface area contributed by atoms with E-state index in [1.54, 1.807) is 32.0 Å². The van der Waals surface area contributed by atoms with E-state index in [-0.39, 0.29) is 31.1 Å². The summed E-state index contributed by atoms with van der Waals surface area (Å²) in [5.41, 5.74) is 0.398. The topological polar surface area (TPSA) is 105 Å². The molecule has 0 aliphatic heterocycles. The number of hydrogen-bond donors (Lipinski definition) is 3. The molecule has 2 amide bonds. The van der Waals surface area contributed by atoms with Gasteiger partial charge in [-0.2, -0.15) is 5.10 Å². The fourth-order valence-electron chi connectivity index (χ4n) is 2.31. The molecule has 8 nitrogen and oxygen atoms in total. The minimum absolute atomic E-state index is 0.0288. The molecule has 0 aliphatic carbocycles. The van der Waals surface area contributed by atoms with Crippen molar-refractivity contribution < 1.29 is 23.8 Å². The Labute approximate surface area is 156 Å². The molecule has 1 atom stereocenters. The average molecular weight is 378 g/mol. The zero-order chi connectivity index (χ0) is 19.8. The lowest BCUT2D eigenvalue weighted by atomic mass is 10.2. The molecule has 1 aromatic carbocycles. The first kappa shape index (κ1) is 20.4. The molecule has 0 saturated carbocycles. The lowest BCUT2D eigenvalue weighted by Gasteiger charge is -2.14. The van der Waals surface area contributed by atoms with Crippen LogP contribution in [0.2, 0.25) is 0 Å². The van der Waals surface area contributed by atoms with Gasteiger partial charge in [-0.1, -0.05) is 25.1 Å². The highest BCUT2D eigenvalue weighted by Gasteiger charge is 2.21. The fraction of sp³-hybridized carbons (Fsp3) is 0.389. The van der Waals surface area contributed by atoms with Gasteiger partial charge in [0.05, 0.1) is 25.5 Å². The summed E-state index contributed by atoms with van der Waals surface area (Å²) in [6.45, 7) is 3.70. The molecule has 9 heteroatoms. The monoisotopic (exact) mass is 378 g/mol.